The van der Waals surface area contributed by atoms with Gasteiger partial charge in [0.1, 0.15) is 5.82 Å². The van der Waals surface area contributed by atoms with Crippen LogP contribution in [0.1, 0.15) is 22.3 Å². The van der Waals surface area contributed by atoms with Crippen LogP contribution in [0.3, 0.4) is 0 Å². The van der Waals surface area contributed by atoms with Crippen molar-refractivity contribution in [2.75, 3.05) is 19.6 Å². The van der Waals surface area contributed by atoms with Crippen LogP contribution >= 0.6 is 0 Å². The molecule has 0 radical (unpaired) electrons. The van der Waals surface area contributed by atoms with E-state index >= 15 is 0 Å². The maximum absolute atomic E-state index is 13.8. The molecule has 0 bridgehead atoms. The molecule has 0 unspecified atom stereocenters. The van der Waals surface area contributed by atoms with Crippen LogP contribution in [-0.2, 0) is 11.3 Å². The summed E-state index contributed by atoms with van der Waals surface area (Å²) < 4.78 is 13.8. The lowest BCUT2D eigenvalue weighted by Crippen LogP contribution is -2.34. The number of benzene rings is 1. The molecule has 0 atom stereocenters. The average molecular weight is 265 g/mol. The molecule has 2 rings (SSSR count). The van der Waals surface area contributed by atoms with Crippen molar-refractivity contribution in [3.8, 4) is 0 Å². The normalized spacial score (nSPS) is 16.3. The second-order valence-electron chi connectivity index (χ2n) is 4.52. The molecular formula is C13H16FN3O2. The van der Waals surface area contributed by atoms with Gasteiger partial charge in [-0.25, -0.2) is 4.39 Å². The minimum Gasteiger partial charge on any atom is -0.366 e. The van der Waals surface area contributed by atoms with Gasteiger partial charge in [-0.05, 0) is 25.1 Å². The standard InChI is InChI=1S/C13H16FN3O2/c14-11-6-9(13(15)19)2-3-10(11)8-17-5-1-4-16-7-12(17)18/h2-3,6,16H,1,4-5,7-8H2,(H2,15,19). The van der Waals surface area contributed by atoms with E-state index in [1.54, 1.807) is 4.90 Å². The van der Waals surface area contributed by atoms with Gasteiger partial charge in [0.15, 0.2) is 0 Å². The minimum atomic E-state index is -0.666. The number of nitrogens with zero attached hydrogens (tertiary/aromatic N) is 1. The van der Waals surface area contributed by atoms with Gasteiger partial charge in [-0.1, -0.05) is 6.07 Å². The lowest BCUT2D eigenvalue weighted by Gasteiger charge is -2.20. The fourth-order valence-corrected chi connectivity index (χ4v) is 2.03. The number of nitrogens with two attached hydrogens (primary N) is 1. The van der Waals surface area contributed by atoms with Gasteiger partial charge in [-0.15, -0.1) is 0 Å². The summed E-state index contributed by atoms with van der Waals surface area (Å²) in [7, 11) is 0. The summed E-state index contributed by atoms with van der Waals surface area (Å²) in [6.45, 7) is 1.88. The van der Waals surface area contributed by atoms with Crippen LogP contribution in [0.4, 0.5) is 4.39 Å². The second kappa shape index (κ2) is 5.79. The Morgan fingerprint density at radius 3 is 2.95 bits per heavy atom. The van der Waals surface area contributed by atoms with Crippen molar-refractivity contribution in [3.05, 3.63) is 35.1 Å². The van der Waals surface area contributed by atoms with Crippen molar-refractivity contribution in [3.63, 3.8) is 0 Å². The number of nitrogens with one attached hydrogen (secondary N) is 1. The molecule has 1 aromatic rings. The Kier molecular flexibility index (Phi) is 4.11. The third kappa shape index (κ3) is 3.29. The molecule has 0 saturated carbocycles. The smallest absolute Gasteiger partial charge is 0.248 e. The van der Waals surface area contributed by atoms with Gasteiger partial charge in [-0.2, -0.15) is 0 Å². The zero-order chi connectivity index (χ0) is 13.8. The Morgan fingerprint density at radius 2 is 2.26 bits per heavy atom. The van der Waals surface area contributed by atoms with Crippen molar-refractivity contribution >= 4 is 11.8 Å². The summed E-state index contributed by atoms with van der Waals surface area (Å²) in [5.74, 6) is -1.22. The first-order valence-electron chi connectivity index (χ1n) is 6.14. The van der Waals surface area contributed by atoms with E-state index in [0.29, 0.717) is 12.1 Å². The number of amides is 2. The van der Waals surface area contributed by atoms with Crippen LogP contribution in [0.2, 0.25) is 0 Å². The number of carbonyl (C=O) groups is 2. The van der Waals surface area contributed by atoms with E-state index in [1.165, 1.54) is 12.1 Å². The van der Waals surface area contributed by atoms with Crippen LogP contribution in [0.5, 0.6) is 0 Å². The number of hydrogen-bond donors (Lipinski definition) is 2. The maximum atomic E-state index is 13.8. The molecule has 19 heavy (non-hydrogen) atoms. The van der Waals surface area contributed by atoms with Crippen molar-refractivity contribution in [1.82, 2.24) is 10.2 Å². The second-order valence-corrected chi connectivity index (χ2v) is 4.52. The van der Waals surface area contributed by atoms with Gasteiger partial charge in [0.05, 0.1) is 6.54 Å². The van der Waals surface area contributed by atoms with Crippen LogP contribution < -0.4 is 11.1 Å². The predicted octanol–water partition coefficient (Wildman–Crippen LogP) is 0.246. The highest BCUT2D eigenvalue weighted by molar-refractivity contribution is 5.92. The lowest BCUT2D eigenvalue weighted by molar-refractivity contribution is -0.130. The number of carbonyl (C=O) groups excluding carboxylic acids is 2. The summed E-state index contributed by atoms with van der Waals surface area (Å²) in [6.07, 6.45) is 0.840. The molecule has 3 N–H and O–H groups in total. The van der Waals surface area contributed by atoms with Gasteiger partial charge in [0.2, 0.25) is 11.8 Å². The first-order chi connectivity index (χ1) is 9.08. The SMILES string of the molecule is NC(=O)c1ccc(CN2CCCNCC2=O)c(F)c1. The van der Waals surface area contributed by atoms with Crippen LogP contribution in [0, 0.1) is 5.82 Å². The molecule has 1 aliphatic rings. The van der Waals surface area contributed by atoms with Crippen molar-refractivity contribution in [1.29, 1.82) is 0 Å². The van der Waals surface area contributed by atoms with Gasteiger partial charge in [0.25, 0.3) is 0 Å². The van der Waals surface area contributed by atoms with E-state index in [2.05, 4.69) is 5.32 Å². The first-order valence-corrected chi connectivity index (χ1v) is 6.14. The van der Waals surface area contributed by atoms with Crippen molar-refractivity contribution in [2.24, 2.45) is 5.73 Å². The molecule has 102 valence electrons. The molecular weight excluding hydrogens is 249 g/mol. The summed E-state index contributed by atoms with van der Waals surface area (Å²) in [5.41, 5.74) is 5.60. The molecule has 2 amide bonds. The van der Waals surface area contributed by atoms with Crippen molar-refractivity contribution < 1.29 is 14.0 Å². The van der Waals surface area contributed by atoms with E-state index in [4.69, 9.17) is 5.73 Å². The monoisotopic (exact) mass is 265 g/mol. The molecule has 0 aromatic heterocycles. The highest BCUT2D eigenvalue weighted by atomic mass is 19.1. The van der Waals surface area contributed by atoms with Gasteiger partial charge >= 0.3 is 0 Å². The fourth-order valence-electron chi connectivity index (χ4n) is 2.03. The Hall–Kier alpha value is -1.95. The predicted molar refractivity (Wildman–Crippen MR) is 67.8 cm³/mol. The van der Waals surface area contributed by atoms with E-state index in [9.17, 15) is 14.0 Å². The molecule has 6 heteroatoms. The molecule has 0 spiro atoms. The fraction of sp³-hybridized carbons (Fsp3) is 0.385. The van der Waals surface area contributed by atoms with E-state index < -0.39 is 11.7 Å². The summed E-state index contributed by atoms with van der Waals surface area (Å²) in [6, 6.07) is 4.08. The van der Waals surface area contributed by atoms with E-state index in [-0.39, 0.29) is 24.6 Å². The molecule has 1 saturated heterocycles. The Bertz CT molecular complexity index is 505. The van der Waals surface area contributed by atoms with Crippen molar-refractivity contribution in [2.45, 2.75) is 13.0 Å². The zero-order valence-corrected chi connectivity index (χ0v) is 10.5. The third-order valence-electron chi connectivity index (χ3n) is 3.11. The molecule has 5 nitrogen and oxygen atoms in total. The van der Waals surface area contributed by atoms with Crippen LogP contribution in [0.15, 0.2) is 18.2 Å². The number of primary amides is 1. The topological polar surface area (TPSA) is 75.4 Å². The highest BCUT2D eigenvalue weighted by Crippen LogP contribution is 2.14. The number of halogens is 1. The van der Waals surface area contributed by atoms with E-state index in [0.717, 1.165) is 19.0 Å². The van der Waals surface area contributed by atoms with E-state index in [1.807, 2.05) is 0 Å². The first kappa shape index (κ1) is 13.5. The Labute approximate surface area is 110 Å². The molecule has 1 fully saturated rings. The highest BCUT2D eigenvalue weighted by Gasteiger charge is 2.18. The molecule has 1 aliphatic heterocycles. The van der Waals surface area contributed by atoms with Crippen LogP contribution in [0.25, 0.3) is 0 Å². The van der Waals surface area contributed by atoms with Crippen LogP contribution in [-0.4, -0.2) is 36.3 Å². The molecule has 1 heterocycles. The summed E-state index contributed by atoms with van der Waals surface area (Å²) >= 11 is 0. The number of hydrogen-bond acceptors (Lipinski definition) is 3. The average Bonchev–Trinajstić information content (AvgIpc) is 2.57. The maximum Gasteiger partial charge on any atom is 0.248 e. The minimum absolute atomic E-state index is 0.0455. The van der Waals surface area contributed by atoms with Gasteiger partial charge in [0, 0.05) is 24.2 Å². The summed E-state index contributed by atoms with van der Waals surface area (Å²) in [4.78, 5) is 24.3. The third-order valence-corrected chi connectivity index (χ3v) is 3.11. The molecule has 0 aliphatic carbocycles. The van der Waals surface area contributed by atoms with Gasteiger partial charge < -0.3 is 16.0 Å². The number of rotatable bonds is 3. The van der Waals surface area contributed by atoms with Gasteiger partial charge in [-0.3, -0.25) is 9.59 Å². The largest absolute Gasteiger partial charge is 0.366 e. The Balaban J connectivity index is 2.14. The summed E-state index contributed by atoms with van der Waals surface area (Å²) in [5, 5.41) is 3.01. The Morgan fingerprint density at radius 1 is 1.47 bits per heavy atom. The zero-order valence-electron chi connectivity index (χ0n) is 10.5. The lowest BCUT2D eigenvalue weighted by atomic mass is 10.1. The molecule has 1 aromatic carbocycles. The quantitative estimate of drug-likeness (QED) is 0.822.